The second kappa shape index (κ2) is 6.05. The summed E-state index contributed by atoms with van der Waals surface area (Å²) < 4.78 is 5.63. The van der Waals surface area contributed by atoms with Gasteiger partial charge in [0.05, 0.1) is 17.6 Å². The van der Waals surface area contributed by atoms with Gasteiger partial charge in [-0.3, -0.25) is 0 Å². The molecule has 1 aliphatic heterocycles. The number of piperidine rings is 1. The SMILES string of the molecule is CCOc1nc2ccccc2nc1N[C@@H]1CCCNC1. The molecular weight excluding hydrogens is 252 g/mol. The van der Waals surface area contributed by atoms with Crippen molar-refractivity contribution in [2.75, 3.05) is 25.0 Å². The van der Waals surface area contributed by atoms with Crippen molar-refractivity contribution in [1.82, 2.24) is 15.3 Å². The van der Waals surface area contributed by atoms with Crippen LogP contribution in [0, 0.1) is 0 Å². The molecule has 1 aromatic heterocycles. The summed E-state index contributed by atoms with van der Waals surface area (Å²) >= 11 is 0. The van der Waals surface area contributed by atoms with Gasteiger partial charge in [0.2, 0.25) is 0 Å². The first-order valence-corrected chi connectivity index (χ1v) is 7.23. The number of para-hydroxylation sites is 2. The summed E-state index contributed by atoms with van der Waals surface area (Å²) in [6.45, 7) is 4.60. The first-order chi connectivity index (χ1) is 9.86. The quantitative estimate of drug-likeness (QED) is 0.893. The zero-order chi connectivity index (χ0) is 13.8. The van der Waals surface area contributed by atoms with E-state index in [0.717, 1.165) is 36.4 Å². The minimum absolute atomic E-state index is 0.387. The van der Waals surface area contributed by atoms with Gasteiger partial charge < -0.3 is 15.4 Å². The van der Waals surface area contributed by atoms with Crippen LogP contribution in [0.3, 0.4) is 0 Å². The molecular formula is C15H20N4O. The van der Waals surface area contributed by atoms with Crippen molar-refractivity contribution < 1.29 is 4.74 Å². The number of rotatable bonds is 4. The minimum atomic E-state index is 0.387. The second-order valence-electron chi connectivity index (χ2n) is 4.99. The average molecular weight is 272 g/mol. The summed E-state index contributed by atoms with van der Waals surface area (Å²) in [4.78, 5) is 9.22. The molecule has 0 unspecified atom stereocenters. The Bertz CT molecular complexity index is 581. The Hall–Kier alpha value is -1.88. The first-order valence-electron chi connectivity index (χ1n) is 7.23. The molecule has 0 radical (unpaired) electrons. The maximum absolute atomic E-state index is 5.63. The largest absolute Gasteiger partial charge is 0.475 e. The predicted molar refractivity (Wildman–Crippen MR) is 80.2 cm³/mol. The number of aromatic nitrogens is 2. The van der Waals surface area contributed by atoms with Gasteiger partial charge in [-0.1, -0.05) is 12.1 Å². The van der Waals surface area contributed by atoms with Crippen molar-refractivity contribution in [2.45, 2.75) is 25.8 Å². The molecule has 1 atom stereocenters. The molecule has 0 bridgehead atoms. The van der Waals surface area contributed by atoms with Crippen LogP contribution in [0.5, 0.6) is 5.88 Å². The molecule has 20 heavy (non-hydrogen) atoms. The lowest BCUT2D eigenvalue weighted by Gasteiger charge is -2.25. The van der Waals surface area contributed by atoms with Crippen molar-refractivity contribution in [3.05, 3.63) is 24.3 Å². The number of hydrogen-bond donors (Lipinski definition) is 2. The normalized spacial score (nSPS) is 18.9. The van der Waals surface area contributed by atoms with Crippen molar-refractivity contribution in [2.24, 2.45) is 0 Å². The summed E-state index contributed by atoms with van der Waals surface area (Å²) in [5, 5.41) is 6.86. The van der Waals surface area contributed by atoms with Gasteiger partial charge in [-0.2, -0.15) is 0 Å². The molecule has 1 aromatic carbocycles. The van der Waals surface area contributed by atoms with Crippen LogP contribution in [0.2, 0.25) is 0 Å². The van der Waals surface area contributed by atoms with E-state index < -0.39 is 0 Å². The molecule has 2 N–H and O–H groups in total. The van der Waals surface area contributed by atoms with Gasteiger partial charge in [0, 0.05) is 12.6 Å². The lowest BCUT2D eigenvalue weighted by Crippen LogP contribution is -2.38. The third-order valence-electron chi connectivity index (χ3n) is 3.46. The van der Waals surface area contributed by atoms with Crippen molar-refractivity contribution in [1.29, 1.82) is 0 Å². The third-order valence-corrected chi connectivity index (χ3v) is 3.46. The van der Waals surface area contributed by atoms with E-state index in [1.54, 1.807) is 0 Å². The standard InChI is InChI=1S/C15H20N4O/c1-2-20-15-14(17-11-6-5-9-16-10-11)18-12-7-3-4-8-13(12)19-15/h3-4,7-8,11,16H,2,5-6,9-10H2,1H3,(H,17,18)/t11-/m1/s1. The van der Waals surface area contributed by atoms with Gasteiger partial charge in [0.1, 0.15) is 0 Å². The molecule has 1 aliphatic rings. The van der Waals surface area contributed by atoms with Crippen LogP contribution < -0.4 is 15.4 Å². The molecule has 2 heterocycles. The number of nitrogens with zero attached hydrogens (tertiary/aromatic N) is 2. The highest BCUT2D eigenvalue weighted by molar-refractivity contribution is 5.77. The highest BCUT2D eigenvalue weighted by Gasteiger charge is 2.17. The van der Waals surface area contributed by atoms with E-state index in [1.165, 1.54) is 6.42 Å². The van der Waals surface area contributed by atoms with Gasteiger partial charge in [0.15, 0.2) is 5.82 Å². The van der Waals surface area contributed by atoms with E-state index in [9.17, 15) is 0 Å². The summed E-state index contributed by atoms with van der Waals surface area (Å²) in [5.41, 5.74) is 1.76. The van der Waals surface area contributed by atoms with E-state index >= 15 is 0 Å². The fourth-order valence-electron chi connectivity index (χ4n) is 2.48. The molecule has 1 fully saturated rings. The van der Waals surface area contributed by atoms with Crippen LogP contribution >= 0.6 is 0 Å². The van der Waals surface area contributed by atoms with Crippen LogP contribution in [0.1, 0.15) is 19.8 Å². The first kappa shape index (κ1) is 13.1. The van der Waals surface area contributed by atoms with Gasteiger partial charge >= 0.3 is 0 Å². The van der Waals surface area contributed by atoms with E-state index in [0.29, 0.717) is 18.5 Å². The minimum Gasteiger partial charge on any atom is -0.475 e. The maximum Gasteiger partial charge on any atom is 0.258 e. The molecule has 0 saturated carbocycles. The lowest BCUT2D eigenvalue weighted by molar-refractivity contribution is 0.327. The Morgan fingerprint density at radius 3 is 2.80 bits per heavy atom. The van der Waals surface area contributed by atoms with Gasteiger partial charge in [-0.05, 0) is 38.4 Å². The molecule has 0 amide bonds. The average Bonchev–Trinajstić information content (AvgIpc) is 2.49. The van der Waals surface area contributed by atoms with Crippen LogP contribution in [-0.4, -0.2) is 35.7 Å². The second-order valence-corrected chi connectivity index (χ2v) is 4.99. The monoisotopic (exact) mass is 272 g/mol. The van der Waals surface area contributed by atoms with E-state index in [1.807, 2.05) is 31.2 Å². The van der Waals surface area contributed by atoms with E-state index in [2.05, 4.69) is 20.6 Å². The van der Waals surface area contributed by atoms with Gasteiger partial charge in [-0.25, -0.2) is 9.97 Å². The molecule has 0 spiro atoms. The number of benzene rings is 1. The number of anilines is 1. The fourth-order valence-corrected chi connectivity index (χ4v) is 2.48. The smallest absolute Gasteiger partial charge is 0.258 e. The molecule has 3 rings (SSSR count). The van der Waals surface area contributed by atoms with Crippen LogP contribution in [0.25, 0.3) is 11.0 Å². The predicted octanol–water partition coefficient (Wildman–Crippen LogP) is 2.19. The Morgan fingerprint density at radius 2 is 2.10 bits per heavy atom. The third kappa shape index (κ3) is 2.82. The number of hydrogen-bond acceptors (Lipinski definition) is 5. The molecule has 106 valence electrons. The highest BCUT2D eigenvalue weighted by atomic mass is 16.5. The number of ether oxygens (including phenoxy) is 1. The van der Waals surface area contributed by atoms with Crippen molar-refractivity contribution >= 4 is 16.9 Å². The van der Waals surface area contributed by atoms with Crippen LogP contribution in [0.4, 0.5) is 5.82 Å². The van der Waals surface area contributed by atoms with Crippen LogP contribution in [0.15, 0.2) is 24.3 Å². The molecule has 5 nitrogen and oxygen atoms in total. The van der Waals surface area contributed by atoms with E-state index in [4.69, 9.17) is 4.74 Å². The lowest BCUT2D eigenvalue weighted by atomic mass is 10.1. The Kier molecular flexibility index (Phi) is 3.97. The zero-order valence-corrected chi connectivity index (χ0v) is 11.7. The summed E-state index contributed by atoms with van der Waals surface area (Å²) in [7, 11) is 0. The van der Waals surface area contributed by atoms with E-state index in [-0.39, 0.29) is 0 Å². The van der Waals surface area contributed by atoms with Gasteiger partial charge in [-0.15, -0.1) is 0 Å². The van der Waals surface area contributed by atoms with Crippen LogP contribution in [-0.2, 0) is 0 Å². The van der Waals surface area contributed by atoms with Crippen molar-refractivity contribution in [3.63, 3.8) is 0 Å². The summed E-state index contributed by atoms with van der Waals surface area (Å²) in [6, 6.07) is 8.26. The Morgan fingerprint density at radius 1 is 1.30 bits per heavy atom. The molecule has 0 aliphatic carbocycles. The Labute approximate surface area is 118 Å². The number of fused-ring (bicyclic) bond motifs is 1. The maximum atomic E-state index is 5.63. The number of nitrogens with one attached hydrogen (secondary N) is 2. The Balaban J connectivity index is 1.91. The molecule has 5 heteroatoms. The van der Waals surface area contributed by atoms with Gasteiger partial charge in [0.25, 0.3) is 5.88 Å². The zero-order valence-electron chi connectivity index (χ0n) is 11.7. The summed E-state index contributed by atoms with van der Waals surface area (Å²) in [5.74, 6) is 1.34. The topological polar surface area (TPSA) is 59.1 Å². The summed E-state index contributed by atoms with van der Waals surface area (Å²) in [6.07, 6.45) is 2.33. The van der Waals surface area contributed by atoms with Crippen molar-refractivity contribution in [3.8, 4) is 5.88 Å². The fraction of sp³-hybridized carbons (Fsp3) is 0.467. The highest BCUT2D eigenvalue weighted by Crippen LogP contribution is 2.24. The molecule has 2 aromatic rings. The molecule has 1 saturated heterocycles.